The smallest absolute Gasteiger partial charge is 0.125 e. The molecule has 0 saturated heterocycles. The Hall–Kier alpha value is 1.09. The van der Waals surface area contributed by atoms with Gasteiger partial charge in [-0.2, -0.15) is 0 Å². The predicted molar refractivity (Wildman–Crippen MR) is 57.9 cm³/mol. The lowest BCUT2D eigenvalue weighted by molar-refractivity contribution is -0.0714. The quantitative estimate of drug-likeness (QED) is 0.447. The average molecular weight is 245 g/mol. The Morgan fingerprint density at radius 2 is 1.33 bits per heavy atom. The molecule has 2 aliphatic carbocycles. The Balaban J connectivity index is 0.000000157. The fraction of sp³-hybridized carbons (Fsp3) is 1.00. The van der Waals surface area contributed by atoms with Crippen LogP contribution in [0.4, 0.5) is 0 Å². The van der Waals surface area contributed by atoms with Gasteiger partial charge in [-0.05, 0) is 36.5 Å². The number of halogens is 3. The van der Waals surface area contributed by atoms with Crippen molar-refractivity contribution in [1.82, 2.24) is 0 Å². The third kappa shape index (κ3) is 2.54. The van der Waals surface area contributed by atoms with Crippen LogP contribution in [0.2, 0.25) is 0 Å². The molecule has 4 heteroatoms. The second-order valence-corrected chi connectivity index (χ2v) is 9.55. The first kappa shape index (κ1) is 11.2. The van der Waals surface area contributed by atoms with Crippen LogP contribution in [0.1, 0.15) is 26.7 Å². The fourth-order valence-corrected chi connectivity index (χ4v) is 2.78. The molecule has 2 unspecified atom stereocenters. The highest BCUT2D eigenvalue weighted by molar-refractivity contribution is 7.54. The summed E-state index contributed by atoms with van der Waals surface area (Å²) in [4.78, 5) is 0. The fourth-order valence-electron chi connectivity index (χ4n) is 2.78. The van der Waals surface area contributed by atoms with E-state index in [1.54, 1.807) is 0 Å². The first-order valence-electron chi connectivity index (χ1n) is 4.35. The SMILES string of the molecule is CC1CC2CC(C)C12.Cl[Si](Cl)Cl. The van der Waals surface area contributed by atoms with Gasteiger partial charge in [-0.3, -0.25) is 0 Å². The van der Waals surface area contributed by atoms with Gasteiger partial charge in [-0.25, -0.2) is 0 Å². The molecule has 0 aromatic heterocycles. The van der Waals surface area contributed by atoms with Gasteiger partial charge in [0.2, 0.25) is 0 Å². The summed E-state index contributed by atoms with van der Waals surface area (Å²) in [5.74, 6) is 4.46. The maximum atomic E-state index is 4.91. The van der Waals surface area contributed by atoms with Gasteiger partial charge in [0.15, 0.2) is 0 Å². The molecule has 12 heavy (non-hydrogen) atoms. The lowest BCUT2D eigenvalue weighted by Gasteiger charge is -2.56. The van der Waals surface area contributed by atoms with Crippen molar-refractivity contribution in [2.75, 3.05) is 0 Å². The standard InChI is InChI=1S/C8H14.Cl3Si/c1-5-3-7-4-6(2)8(5)7;1-4(2)3/h5-8H,3-4H2,1-2H3;. The summed E-state index contributed by atoms with van der Waals surface area (Å²) >= 11 is 14.7. The Kier molecular flexibility index (Phi) is 4.22. The van der Waals surface area contributed by atoms with Crippen LogP contribution >= 0.6 is 33.2 Å². The molecular weight excluding hydrogens is 231 g/mol. The van der Waals surface area contributed by atoms with Crippen molar-refractivity contribution < 1.29 is 0 Å². The van der Waals surface area contributed by atoms with Crippen molar-refractivity contribution in [1.29, 1.82) is 0 Å². The second-order valence-electron chi connectivity index (χ2n) is 3.98. The first-order valence-corrected chi connectivity index (χ1v) is 8.89. The Morgan fingerprint density at radius 1 is 1.00 bits per heavy atom. The molecule has 2 rings (SSSR count). The minimum Gasteiger partial charge on any atom is -0.125 e. The summed E-state index contributed by atoms with van der Waals surface area (Å²) in [5, 5.41) is 0. The average Bonchev–Trinajstić information content (AvgIpc) is 1.83. The van der Waals surface area contributed by atoms with E-state index in [9.17, 15) is 0 Å². The Morgan fingerprint density at radius 3 is 1.42 bits per heavy atom. The van der Waals surface area contributed by atoms with E-state index in [1.807, 2.05) is 0 Å². The van der Waals surface area contributed by atoms with E-state index in [4.69, 9.17) is 33.2 Å². The number of hydrogen-bond acceptors (Lipinski definition) is 0. The van der Waals surface area contributed by atoms with Crippen molar-refractivity contribution in [3.63, 3.8) is 0 Å². The molecule has 71 valence electrons. The van der Waals surface area contributed by atoms with Crippen molar-refractivity contribution in [2.45, 2.75) is 26.7 Å². The molecule has 0 N–H and O–H groups in total. The topological polar surface area (TPSA) is 0 Å². The van der Waals surface area contributed by atoms with Crippen LogP contribution in [-0.4, -0.2) is 6.73 Å². The third-order valence-corrected chi connectivity index (χ3v) is 3.21. The van der Waals surface area contributed by atoms with Crippen molar-refractivity contribution in [3.05, 3.63) is 0 Å². The van der Waals surface area contributed by atoms with Gasteiger partial charge < -0.3 is 0 Å². The van der Waals surface area contributed by atoms with Gasteiger partial charge in [-0.1, -0.05) is 13.8 Å². The van der Waals surface area contributed by atoms with Crippen molar-refractivity contribution in [2.24, 2.45) is 23.7 Å². The van der Waals surface area contributed by atoms with Gasteiger partial charge in [0.05, 0.1) is 0 Å². The molecule has 0 amide bonds. The lowest BCUT2D eigenvalue weighted by atomic mass is 9.49. The van der Waals surface area contributed by atoms with Crippen molar-refractivity contribution in [3.8, 4) is 0 Å². The van der Waals surface area contributed by atoms with Crippen LogP contribution in [-0.2, 0) is 0 Å². The second kappa shape index (κ2) is 4.54. The zero-order valence-corrected chi connectivity index (χ0v) is 10.6. The summed E-state index contributed by atoms with van der Waals surface area (Å²) in [7, 11) is 0. The minimum absolute atomic E-state index is 1.07. The number of rotatable bonds is 0. The minimum atomic E-state index is -1.46. The van der Waals surface area contributed by atoms with Crippen LogP contribution in [0.5, 0.6) is 0 Å². The van der Waals surface area contributed by atoms with E-state index >= 15 is 0 Å². The molecule has 1 radical (unpaired) electrons. The lowest BCUT2D eigenvalue weighted by Crippen LogP contribution is -2.49. The monoisotopic (exact) mass is 243 g/mol. The summed E-state index contributed by atoms with van der Waals surface area (Å²) in [6, 6.07) is 0. The van der Waals surface area contributed by atoms with E-state index in [1.165, 1.54) is 18.8 Å². The largest absolute Gasteiger partial charge is 0.376 e. The molecule has 0 nitrogen and oxygen atoms in total. The maximum absolute atomic E-state index is 4.91. The molecule has 2 fully saturated rings. The van der Waals surface area contributed by atoms with Gasteiger partial charge in [-0.15, -0.1) is 33.2 Å². The molecule has 0 aromatic carbocycles. The van der Waals surface area contributed by atoms with Gasteiger partial charge in [0, 0.05) is 0 Å². The summed E-state index contributed by atoms with van der Waals surface area (Å²) < 4.78 is 0. The first-order chi connectivity index (χ1) is 5.52. The van der Waals surface area contributed by atoms with Crippen LogP contribution in [0, 0.1) is 23.7 Å². The molecule has 2 atom stereocenters. The normalized spacial score (nSPS) is 43.5. The predicted octanol–water partition coefficient (Wildman–Crippen LogP) is 3.99. The molecular formula is C8H14Cl3Si. The number of hydrogen-bond donors (Lipinski definition) is 0. The Bertz CT molecular complexity index is 130. The van der Waals surface area contributed by atoms with Crippen LogP contribution < -0.4 is 0 Å². The zero-order chi connectivity index (χ0) is 9.30. The van der Waals surface area contributed by atoms with Crippen molar-refractivity contribution >= 4 is 40.0 Å². The van der Waals surface area contributed by atoms with E-state index in [0.717, 1.165) is 17.8 Å². The summed E-state index contributed by atoms with van der Waals surface area (Å²) in [5.41, 5.74) is 0. The zero-order valence-electron chi connectivity index (χ0n) is 7.36. The highest BCUT2D eigenvalue weighted by Gasteiger charge is 2.49. The van der Waals surface area contributed by atoms with E-state index in [2.05, 4.69) is 13.8 Å². The molecule has 0 aromatic rings. The van der Waals surface area contributed by atoms with E-state index in [0.29, 0.717) is 0 Å². The summed E-state index contributed by atoms with van der Waals surface area (Å²) in [6.45, 7) is 3.34. The van der Waals surface area contributed by atoms with Crippen LogP contribution in [0.3, 0.4) is 0 Å². The molecule has 2 saturated carbocycles. The third-order valence-electron chi connectivity index (χ3n) is 3.21. The van der Waals surface area contributed by atoms with E-state index in [-0.39, 0.29) is 0 Å². The number of fused-ring (bicyclic) bond motifs is 1. The molecule has 0 bridgehead atoms. The van der Waals surface area contributed by atoms with Gasteiger partial charge >= 0.3 is 6.73 Å². The molecule has 0 aliphatic heterocycles. The van der Waals surface area contributed by atoms with Crippen LogP contribution in [0.15, 0.2) is 0 Å². The summed E-state index contributed by atoms with van der Waals surface area (Å²) in [6.07, 6.45) is 3.07. The van der Waals surface area contributed by atoms with Gasteiger partial charge in [0.25, 0.3) is 0 Å². The van der Waals surface area contributed by atoms with Gasteiger partial charge in [0.1, 0.15) is 0 Å². The highest BCUT2D eigenvalue weighted by Crippen LogP contribution is 2.57. The van der Waals surface area contributed by atoms with E-state index < -0.39 is 6.73 Å². The molecule has 0 heterocycles. The highest BCUT2D eigenvalue weighted by atomic mass is 35.8. The van der Waals surface area contributed by atoms with Crippen LogP contribution in [0.25, 0.3) is 0 Å². The maximum Gasteiger partial charge on any atom is 0.376 e. The molecule has 0 spiro atoms. The Labute approximate surface area is 90.3 Å². The molecule has 2 aliphatic rings.